The Morgan fingerprint density at radius 2 is 1.84 bits per heavy atom. The van der Waals surface area contributed by atoms with E-state index >= 15 is 0 Å². The van der Waals surface area contributed by atoms with Crippen molar-refractivity contribution in [3.63, 3.8) is 0 Å². The largest absolute Gasteiger partial charge is 0.317 e. The first-order valence-electron chi connectivity index (χ1n) is 7.92. The molecule has 3 aromatic rings. The van der Waals surface area contributed by atoms with E-state index in [0.29, 0.717) is 11.4 Å². The molecule has 1 N–H and O–H groups in total. The lowest BCUT2D eigenvalue weighted by atomic mass is 10.3. The van der Waals surface area contributed by atoms with Crippen LogP contribution in [-0.4, -0.2) is 30.7 Å². The van der Waals surface area contributed by atoms with E-state index < -0.39 is 0 Å². The van der Waals surface area contributed by atoms with Gasteiger partial charge in [-0.25, -0.2) is 4.39 Å². The van der Waals surface area contributed by atoms with Gasteiger partial charge in [0.1, 0.15) is 5.82 Å². The SMILES string of the molecule is Cc1nn(C(C)C)c(C)c1NC(=O)c1cnn(-c2ccc(F)cc2)n1. The van der Waals surface area contributed by atoms with Crippen molar-refractivity contribution in [2.45, 2.75) is 33.7 Å². The second-order valence-electron chi connectivity index (χ2n) is 6.03. The fourth-order valence-electron chi connectivity index (χ4n) is 2.59. The Kier molecular flexibility index (Phi) is 4.35. The summed E-state index contributed by atoms with van der Waals surface area (Å²) >= 11 is 0. The standard InChI is InChI=1S/C17H19FN6O/c1-10(2)23-12(4)16(11(3)21-23)20-17(25)15-9-19-24(22-15)14-7-5-13(18)6-8-14/h5-10H,1-4H3,(H,20,25). The highest BCUT2D eigenvalue weighted by Crippen LogP contribution is 2.22. The average Bonchev–Trinajstić information content (AvgIpc) is 3.16. The molecular weight excluding hydrogens is 323 g/mol. The highest BCUT2D eigenvalue weighted by molar-refractivity contribution is 6.03. The monoisotopic (exact) mass is 342 g/mol. The number of carbonyl (C=O) groups excluding carboxylic acids is 1. The summed E-state index contributed by atoms with van der Waals surface area (Å²) in [6.07, 6.45) is 1.37. The van der Waals surface area contributed by atoms with Crippen molar-refractivity contribution in [1.82, 2.24) is 24.8 Å². The number of carbonyl (C=O) groups is 1. The predicted octanol–water partition coefficient (Wildman–Crippen LogP) is 3.05. The van der Waals surface area contributed by atoms with Crippen LogP contribution < -0.4 is 5.32 Å². The molecule has 2 heterocycles. The lowest BCUT2D eigenvalue weighted by Gasteiger charge is -2.08. The maximum absolute atomic E-state index is 13.0. The topological polar surface area (TPSA) is 77.6 Å². The molecule has 0 saturated heterocycles. The summed E-state index contributed by atoms with van der Waals surface area (Å²) in [6.45, 7) is 7.81. The summed E-state index contributed by atoms with van der Waals surface area (Å²) in [5.41, 5.74) is 3.04. The molecule has 25 heavy (non-hydrogen) atoms. The zero-order chi connectivity index (χ0) is 18.1. The number of amides is 1. The molecule has 1 amide bonds. The van der Waals surface area contributed by atoms with Crippen molar-refractivity contribution in [3.8, 4) is 5.69 Å². The van der Waals surface area contributed by atoms with Crippen LogP contribution in [0.4, 0.5) is 10.1 Å². The molecule has 2 aromatic heterocycles. The van der Waals surface area contributed by atoms with E-state index in [1.165, 1.54) is 35.3 Å². The number of aryl methyl sites for hydroxylation is 1. The Bertz CT molecular complexity index is 910. The first kappa shape index (κ1) is 16.8. The van der Waals surface area contributed by atoms with Gasteiger partial charge < -0.3 is 5.32 Å². The number of nitrogens with one attached hydrogen (secondary N) is 1. The number of aromatic nitrogens is 5. The van der Waals surface area contributed by atoms with Gasteiger partial charge in [0.25, 0.3) is 5.91 Å². The van der Waals surface area contributed by atoms with E-state index in [1.807, 2.05) is 32.4 Å². The molecule has 3 rings (SSSR count). The molecule has 0 bridgehead atoms. The van der Waals surface area contributed by atoms with Crippen LogP contribution in [0.15, 0.2) is 30.5 Å². The molecule has 0 fully saturated rings. The van der Waals surface area contributed by atoms with E-state index in [9.17, 15) is 9.18 Å². The van der Waals surface area contributed by atoms with Crippen LogP contribution in [0.2, 0.25) is 0 Å². The van der Waals surface area contributed by atoms with Crippen LogP contribution in [0, 0.1) is 19.7 Å². The average molecular weight is 342 g/mol. The molecule has 0 aliphatic heterocycles. The van der Waals surface area contributed by atoms with Gasteiger partial charge in [-0.15, -0.1) is 5.10 Å². The molecule has 0 saturated carbocycles. The summed E-state index contributed by atoms with van der Waals surface area (Å²) in [4.78, 5) is 13.8. The second-order valence-corrected chi connectivity index (χ2v) is 6.03. The van der Waals surface area contributed by atoms with Crippen LogP contribution in [0.3, 0.4) is 0 Å². The third-order valence-corrected chi connectivity index (χ3v) is 3.83. The van der Waals surface area contributed by atoms with E-state index in [2.05, 4.69) is 20.6 Å². The summed E-state index contributed by atoms with van der Waals surface area (Å²) in [5.74, 6) is -0.718. The van der Waals surface area contributed by atoms with Crippen LogP contribution in [0.5, 0.6) is 0 Å². The van der Waals surface area contributed by atoms with E-state index in [-0.39, 0.29) is 23.5 Å². The van der Waals surface area contributed by atoms with Gasteiger partial charge in [0.05, 0.1) is 29.0 Å². The summed E-state index contributed by atoms with van der Waals surface area (Å²) in [7, 11) is 0. The molecule has 8 heteroatoms. The Hall–Kier alpha value is -3.03. The molecule has 0 spiro atoms. The van der Waals surface area contributed by atoms with Gasteiger partial charge >= 0.3 is 0 Å². The minimum atomic E-state index is -0.372. The van der Waals surface area contributed by atoms with Gasteiger partial charge in [-0.1, -0.05) is 0 Å². The normalized spacial score (nSPS) is 11.1. The van der Waals surface area contributed by atoms with Crippen molar-refractivity contribution in [3.05, 3.63) is 53.4 Å². The first-order chi connectivity index (χ1) is 11.9. The minimum Gasteiger partial charge on any atom is -0.317 e. The Balaban J connectivity index is 1.82. The van der Waals surface area contributed by atoms with E-state index in [0.717, 1.165) is 11.4 Å². The van der Waals surface area contributed by atoms with E-state index in [4.69, 9.17) is 0 Å². The molecule has 130 valence electrons. The van der Waals surface area contributed by atoms with Crippen LogP contribution in [-0.2, 0) is 0 Å². The Labute approximate surface area is 144 Å². The number of nitrogens with zero attached hydrogens (tertiary/aromatic N) is 5. The smallest absolute Gasteiger partial charge is 0.277 e. The van der Waals surface area contributed by atoms with Crippen molar-refractivity contribution in [1.29, 1.82) is 0 Å². The Morgan fingerprint density at radius 3 is 2.44 bits per heavy atom. The zero-order valence-electron chi connectivity index (χ0n) is 14.5. The summed E-state index contributed by atoms with van der Waals surface area (Å²) < 4.78 is 14.9. The maximum atomic E-state index is 13.0. The van der Waals surface area contributed by atoms with Crippen molar-refractivity contribution < 1.29 is 9.18 Å². The third kappa shape index (κ3) is 3.28. The van der Waals surface area contributed by atoms with Gasteiger partial charge in [0.15, 0.2) is 5.69 Å². The van der Waals surface area contributed by atoms with Gasteiger partial charge in [0, 0.05) is 6.04 Å². The lowest BCUT2D eigenvalue weighted by molar-refractivity contribution is 0.102. The van der Waals surface area contributed by atoms with Crippen molar-refractivity contribution in [2.75, 3.05) is 5.32 Å². The fourth-order valence-corrected chi connectivity index (χ4v) is 2.59. The van der Waals surface area contributed by atoms with Crippen LogP contribution >= 0.6 is 0 Å². The molecule has 0 aliphatic rings. The van der Waals surface area contributed by atoms with Crippen molar-refractivity contribution >= 4 is 11.6 Å². The second kappa shape index (κ2) is 6.46. The number of rotatable bonds is 4. The molecular formula is C17H19FN6O. The highest BCUT2D eigenvalue weighted by Gasteiger charge is 2.18. The molecule has 0 aliphatic carbocycles. The number of hydrogen-bond donors (Lipinski definition) is 1. The molecule has 0 radical (unpaired) electrons. The number of benzene rings is 1. The van der Waals surface area contributed by atoms with Crippen LogP contribution in [0.1, 0.15) is 41.8 Å². The number of anilines is 1. The van der Waals surface area contributed by atoms with Crippen molar-refractivity contribution in [2.24, 2.45) is 0 Å². The summed E-state index contributed by atoms with van der Waals surface area (Å²) in [5, 5.41) is 15.5. The Morgan fingerprint density at radius 1 is 1.16 bits per heavy atom. The zero-order valence-corrected chi connectivity index (χ0v) is 14.5. The predicted molar refractivity (Wildman–Crippen MR) is 91.4 cm³/mol. The minimum absolute atomic E-state index is 0.167. The third-order valence-electron chi connectivity index (χ3n) is 3.83. The maximum Gasteiger partial charge on any atom is 0.277 e. The highest BCUT2D eigenvalue weighted by atomic mass is 19.1. The quantitative estimate of drug-likeness (QED) is 0.790. The summed E-state index contributed by atoms with van der Waals surface area (Å²) in [6, 6.07) is 5.90. The number of halogens is 1. The van der Waals surface area contributed by atoms with Crippen LogP contribution in [0.25, 0.3) is 5.69 Å². The molecule has 7 nitrogen and oxygen atoms in total. The molecule has 1 aromatic carbocycles. The van der Waals surface area contributed by atoms with Gasteiger partial charge in [-0.3, -0.25) is 9.48 Å². The first-order valence-corrected chi connectivity index (χ1v) is 7.92. The lowest BCUT2D eigenvalue weighted by Crippen LogP contribution is -2.14. The van der Waals surface area contributed by atoms with Gasteiger partial charge in [0.2, 0.25) is 0 Å². The van der Waals surface area contributed by atoms with Gasteiger partial charge in [-0.05, 0) is 52.0 Å². The van der Waals surface area contributed by atoms with E-state index in [1.54, 1.807) is 0 Å². The molecule has 0 unspecified atom stereocenters. The molecule has 0 atom stereocenters. The number of hydrogen-bond acceptors (Lipinski definition) is 4. The van der Waals surface area contributed by atoms with Gasteiger partial charge in [-0.2, -0.15) is 15.0 Å². The fraction of sp³-hybridized carbons (Fsp3) is 0.294.